The fourth-order valence-electron chi connectivity index (χ4n) is 2.16. The molecular weight excluding hydrogens is 236 g/mol. The summed E-state index contributed by atoms with van der Waals surface area (Å²) in [5.41, 5.74) is 1.36. The van der Waals surface area contributed by atoms with Crippen LogP contribution in [0.2, 0.25) is 0 Å². The van der Waals surface area contributed by atoms with Gasteiger partial charge in [0.1, 0.15) is 0 Å². The van der Waals surface area contributed by atoms with Crippen LogP contribution in [0.5, 0.6) is 0 Å². The SMILES string of the molecule is CC(Cc1ccccc1)NCCCC(=O)NC1CC1. The second-order valence-corrected chi connectivity index (χ2v) is 5.49. The minimum atomic E-state index is 0.208. The monoisotopic (exact) mass is 260 g/mol. The second-order valence-electron chi connectivity index (χ2n) is 5.49. The Labute approximate surface area is 115 Å². The van der Waals surface area contributed by atoms with Crippen molar-refractivity contribution in [2.75, 3.05) is 6.54 Å². The van der Waals surface area contributed by atoms with E-state index in [9.17, 15) is 4.79 Å². The van der Waals surface area contributed by atoms with Gasteiger partial charge in [0.25, 0.3) is 0 Å². The maximum absolute atomic E-state index is 11.5. The normalized spacial score (nSPS) is 16.1. The highest BCUT2D eigenvalue weighted by Crippen LogP contribution is 2.18. The molecule has 19 heavy (non-hydrogen) atoms. The number of carbonyl (C=O) groups is 1. The second kappa shape index (κ2) is 7.29. The van der Waals surface area contributed by atoms with Gasteiger partial charge in [0, 0.05) is 18.5 Å². The molecule has 104 valence electrons. The predicted octanol–water partition coefficient (Wildman–Crippen LogP) is 2.27. The molecule has 1 saturated carbocycles. The van der Waals surface area contributed by atoms with Gasteiger partial charge in [-0.3, -0.25) is 4.79 Å². The smallest absolute Gasteiger partial charge is 0.220 e. The largest absolute Gasteiger partial charge is 0.353 e. The first-order chi connectivity index (χ1) is 9.24. The lowest BCUT2D eigenvalue weighted by atomic mass is 10.1. The van der Waals surface area contributed by atoms with E-state index in [-0.39, 0.29) is 5.91 Å². The van der Waals surface area contributed by atoms with Crippen LogP contribution in [-0.2, 0) is 11.2 Å². The van der Waals surface area contributed by atoms with E-state index in [1.54, 1.807) is 0 Å². The van der Waals surface area contributed by atoms with E-state index in [0.717, 1.165) is 32.2 Å². The first-order valence-corrected chi connectivity index (χ1v) is 7.30. The molecule has 1 aromatic carbocycles. The molecule has 1 aliphatic rings. The fraction of sp³-hybridized carbons (Fsp3) is 0.562. The van der Waals surface area contributed by atoms with E-state index in [0.29, 0.717) is 18.5 Å². The highest BCUT2D eigenvalue weighted by Gasteiger charge is 2.22. The van der Waals surface area contributed by atoms with Crippen molar-refractivity contribution in [2.24, 2.45) is 0 Å². The zero-order valence-corrected chi connectivity index (χ0v) is 11.7. The summed E-state index contributed by atoms with van der Waals surface area (Å²) in [7, 11) is 0. The van der Waals surface area contributed by atoms with Gasteiger partial charge in [0.05, 0.1) is 0 Å². The van der Waals surface area contributed by atoms with Crippen molar-refractivity contribution in [1.82, 2.24) is 10.6 Å². The van der Waals surface area contributed by atoms with Crippen LogP contribution in [0.4, 0.5) is 0 Å². The van der Waals surface area contributed by atoms with Gasteiger partial charge in [-0.05, 0) is 44.7 Å². The Hall–Kier alpha value is -1.35. The molecule has 0 spiro atoms. The lowest BCUT2D eigenvalue weighted by Crippen LogP contribution is -2.30. The third kappa shape index (κ3) is 5.88. The van der Waals surface area contributed by atoms with Gasteiger partial charge in [-0.25, -0.2) is 0 Å². The maximum Gasteiger partial charge on any atom is 0.220 e. The van der Waals surface area contributed by atoms with Crippen molar-refractivity contribution < 1.29 is 4.79 Å². The standard InChI is InChI=1S/C16H24N2O/c1-13(12-14-6-3-2-4-7-14)17-11-5-8-16(19)18-15-9-10-15/h2-4,6-7,13,15,17H,5,8-12H2,1H3,(H,18,19). The molecule has 0 aromatic heterocycles. The van der Waals surface area contributed by atoms with Crippen molar-refractivity contribution in [3.63, 3.8) is 0 Å². The van der Waals surface area contributed by atoms with E-state index in [4.69, 9.17) is 0 Å². The minimum Gasteiger partial charge on any atom is -0.353 e. The molecule has 3 heteroatoms. The Morgan fingerprint density at radius 1 is 1.32 bits per heavy atom. The zero-order valence-electron chi connectivity index (χ0n) is 11.7. The van der Waals surface area contributed by atoms with Gasteiger partial charge in [0.15, 0.2) is 0 Å². The molecule has 1 amide bonds. The molecule has 1 atom stereocenters. The molecule has 0 heterocycles. The van der Waals surface area contributed by atoms with Crippen LogP contribution >= 0.6 is 0 Å². The Morgan fingerprint density at radius 2 is 2.05 bits per heavy atom. The van der Waals surface area contributed by atoms with Crippen molar-refractivity contribution in [3.05, 3.63) is 35.9 Å². The van der Waals surface area contributed by atoms with Crippen molar-refractivity contribution in [1.29, 1.82) is 0 Å². The number of nitrogens with one attached hydrogen (secondary N) is 2. The van der Waals surface area contributed by atoms with Gasteiger partial charge in [0.2, 0.25) is 5.91 Å². The minimum absolute atomic E-state index is 0.208. The molecule has 2 rings (SSSR count). The Balaban J connectivity index is 1.53. The summed E-state index contributed by atoms with van der Waals surface area (Å²) in [6, 6.07) is 11.4. The zero-order chi connectivity index (χ0) is 13.5. The number of amides is 1. The van der Waals surface area contributed by atoms with E-state index in [1.165, 1.54) is 5.56 Å². The molecule has 0 saturated heterocycles. The molecular formula is C16H24N2O. The average molecular weight is 260 g/mol. The van der Waals surface area contributed by atoms with Crippen molar-refractivity contribution in [3.8, 4) is 0 Å². The summed E-state index contributed by atoms with van der Waals surface area (Å²) < 4.78 is 0. The van der Waals surface area contributed by atoms with Crippen LogP contribution in [0.25, 0.3) is 0 Å². The number of hydrogen-bond donors (Lipinski definition) is 2. The number of benzene rings is 1. The molecule has 0 aliphatic heterocycles. The van der Waals surface area contributed by atoms with Crippen LogP contribution < -0.4 is 10.6 Å². The van der Waals surface area contributed by atoms with Gasteiger partial charge >= 0.3 is 0 Å². The van der Waals surface area contributed by atoms with Crippen LogP contribution in [0.3, 0.4) is 0 Å². The molecule has 0 radical (unpaired) electrons. The van der Waals surface area contributed by atoms with E-state index >= 15 is 0 Å². The summed E-state index contributed by atoms with van der Waals surface area (Å²) >= 11 is 0. The summed E-state index contributed by atoms with van der Waals surface area (Å²) in [5, 5.41) is 6.49. The van der Waals surface area contributed by atoms with Crippen LogP contribution in [0.1, 0.15) is 38.2 Å². The fourth-order valence-corrected chi connectivity index (χ4v) is 2.16. The summed E-state index contributed by atoms with van der Waals surface area (Å²) in [6.45, 7) is 3.10. The van der Waals surface area contributed by atoms with E-state index < -0.39 is 0 Å². The van der Waals surface area contributed by atoms with Gasteiger partial charge in [-0.15, -0.1) is 0 Å². The van der Waals surface area contributed by atoms with Crippen molar-refractivity contribution >= 4 is 5.91 Å². The Bertz CT molecular complexity index is 387. The topological polar surface area (TPSA) is 41.1 Å². The molecule has 1 unspecified atom stereocenters. The van der Waals surface area contributed by atoms with Gasteiger partial charge in [-0.1, -0.05) is 30.3 Å². The summed E-state index contributed by atoms with van der Waals surface area (Å²) in [6.07, 6.45) is 4.92. The maximum atomic E-state index is 11.5. The van der Waals surface area contributed by atoms with Crippen LogP contribution in [-0.4, -0.2) is 24.5 Å². The van der Waals surface area contributed by atoms with Gasteiger partial charge < -0.3 is 10.6 Å². The van der Waals surface area contributed by atoms with Gasteiger partial charge in [-0.2, -0.15) is 0 Å². The number of hydrogen-bond acceptors (Lipinski definition) is 2. The van der Waals surface area contributed by atoms with E-state index in [1.807, 2.05) is 6.07 Å². The lowest BCUT2D eigenvalue weighted by Gasteiger charge is -2.13. The third-order valence-electron chi connectivity index (χ3n) is 3.40. The number of rotatable bonds is 8. The summed E-state index contributed by atoms with van der Waals surface area (Å²) in [4.78, 5) is 11.5. The first-order valence-electron chi connectivity index (χ1n) is 7.30. The molecule has 1 aromatic rings. The first kappa shape index (κ1) is 14.1. The molecule has 0 bridgehead atoms. The van der Waals surface area contributed by atoms with Crippen LogP contribution in [0, 0.1) is 0 Å². The predicted molar refractivity (Wildman–Crippen MR) is 78.0 cm³/mol. The van der Waals surface area contributed by atoms with E-state index in [2.05, 4.69) is 41.8 Å². The molecule has 1 fully saturated rings. The Morgan fingerprint density at radius 3 is 2.74 bits per heavy atom. The molecule has 1 aliphatic carbocycles. The molecule has 3 nitrogen and oxygen atoms in total. The van der Waals surface area contributed by atoms with Crippen LogP contribution in [0.15, 0.2) is 30.3 Å². The average Bonchev–Trinajstić information content (AvgIpc) is 3.20. The highest BCUT2D eigenvalue weighted by atomic mass is 16.1. The lowest BCUT2D eigenvalue weighted by molar-refractivity contribution is -0.121. The van der Waals surface area contributed by atoms with Crippen molar-refractivity contribution in [2.45, 2.75) is 51.1 Å². The third-order valence-corrected chi connectivity index (χ3v) is 3.40. The quantitative estimate of drug-likeness (QED) is 0.704. The Kier molecular flexibility index (Phi) is 5.40. The highest BCUT2D eigenvalue weighted by molar-refractivity contribution is 5.76. The number of carbonyl (C=O) groups excluding carboxylic acids is 1. The summed E-state index contributed by atoms with van der Waals surface area (Å²) in [5.74, 6) is 0.208. The molecule has 2 N–H and O–H groups in total.